The third-order valence-electron chi connectivity index (χ3n) is 4.27. The van der Waals surface area contributed by atoms with E-state index >= 15 is 0 Å². The van der Waals surface area contributed by atoms with Gasteiger partial charge in [-0.1, -0.05) is 30.3 Å². The molecular formula is C17H22N2O4. The molecule has 2 N–H and O–H groups in total. The second-order valence-electron chi connectivity index (χ2n) is 5.85. The smallest absolute Gasteiger partial charge is 0.308 e. The van der Waals surface area contributed by atoms with Gasteiger partial charge >= 0.3 is 5.97 Å². The number of carbonyl (C=O) groups is 3. The lowest BCUT2D eigenvalue weighted by atomic mass is 9.90. The molecule has 1 fully saturated rings. The Morgan fingerprint density at radius 1 is 1.26 bits per heavy atom. The van der Waals surface area contributed by atoms with Crippen LogP contribution in [0.5, 0.6) is 0 Å². The van der Waals surface area contributed by atoms with E-state index in [9.17, 15) is 19.5 Å². The number of carbonyl (C=O) groups excluding carboxylic acids is 2. The molecule has 1 aromatic carbocycles. The Labute approximate surface area is 135 Å². The molecule has 1 aromatic rings. The molecule has 0 saturated carbocycles. The maximum atomic E-state index is 12.3. The highest BCUT2D eigenvalue weighted by molar-refractivity contribution is 5.86. The topological polar surface area (TPSA) is 86.7 Å². The molecule has 0 aliphatic carbocycles. The summed E-state index contributed by atoms with van der Waals surface area (Å²) in [5, 5.41) is 11.8. The highest BCUT2D eigenvalue weighted by Gasteiger charge is 2.35. The summed E-state index contributed by atoms with van der Waals surface area (Å²) in [5.41, 5.74) is 0.884. The first-order chi connectivity index (χ1) is 11.0. The Hall–Kier alpha value is -2.37. The van der Waals surface area contributed by atoms with Crippen molar-refractivity contribution in [3.63, 3.8) is 0 Å². The maximum Gasteiger partial charge on any atom is 0.308 e. The van der Waals surface area contributed by atoms with Crippen molar-refractivity contribution in [2.75, 3.05) is 13.1 Å². The van der Waals surface area contributed by atoms with E-state index in [1.165, 1.54) is 0 Å². The van der Waals surface area contributed by atoms with Crippen molar-refractivity contribution >= 4 is 17.8 Å². The van der Waals surface area contributed by atoms with Gasteiger partial charge in [0, 0.05) is 12.6 Å². The number of hydrogen-bond donors (Lipinski definition) is 2. The van der Waals surface area contributed by atoms with Gasteiger partial charge in [-0.2, -0.15) is 0 Å². The molecule has 1 saturated heterocycles. The summed E-state index contributed by atoms with van der Waals surface area (Å²) in [6.07, 6.45) is 1.48. The number of benzene rings is 1. The third-order valence-corrected chi connectivity index (χ3v) is 4.27. The summed E-state index contributed by atoms with van der Waals surface area (Å²) < 4.78 is 0. The number of amides is 2. The lowest BCUT2D eigenvalue weighted by molar-refractivity contribution is -0.149. The van der Waals surface area contributed by atoms with Crippen molar-refractivity contribution in [3.05, 3.63) is 35.9 Å². The Morgan fingerprint density at radius 2 is 1.96 bits per heavy atom. The number of hydrogen-bond acceptors (Lipinski definition) is 3. The Balaban J connectivity index is 1.84. The molecule has 1 heterocycles. The number of likely N-dealkylation sites (tertiary alicyclic amines) is 1. The van der Waals surface area contributed by atoms with Gasteiger partial charge in [0.2, 0.25) is 11.8 Å². The molecule has 2 atom stereocenters. The van der Waals surface area contributed by atoms with Crippen LogP contribution < -0.4 is 5.32 Å². The Bertz CT molecular complexity index is 573. The van der Waals surface area contributed by atoms with Gasteiger partial charge in [-0.05, 0) is 25.3 Å². The molecule has 0 aromatic heterocycles. The molecule has 0 unspecified atom stereocenters. The highest BCUT2D eigenvalue weighted by atomic mass is 16.4. The maximum absolute atomic E-state index is 12.3. The number of carboxylic acid groups (broad SMARTS) is 1. The minimum Gasteiger partial charge on any atom is -0.481 e. The van der Waals surface area contributed by atoms with Crippen LogP contribution in [0.2, 0.25) is 0 Å². The fourth-order valence-electron chi connectivity index (χ4n) is 2.94. The normalized spacial score (nSPS) is 20.8. The number of carboxylic acids is 1. The zero-order valence-electron chi connectivity index (χ0n) is 13.2. The molecule has 6 heteroatoms. The first-order valence-corrected chi connectivity index (χ1v) is 7.82. The fourth-order valence-corrected chi connectivity index (χ4v) is 2.94. The van der Waals surface area contributed by atoms with Gasteiger partial charge in [-0.3, -0.25) is 14.4 Å². The predicted molar refractivity (Wildman–Crippen MR) is 84.7 cm³/mol. The van der Waals surface area contributed by atoms with Crippen LogP contribution in [-0.2, 0) is 20.8 Å². The second-order valence-corrected chi connectivity index (χ2v) is 5.85. The lowest BCUT2D eigenvalue weighted by Crippen LogP contribution is -2.52. The van der Waals surface area contributed by atoms with Crippen molar-refractivity contribution in [3.8, 4) is 0 Å². The van der Waals surface area contributed by atoms with E-state index in [1.807, 2.05) is 30.3 Å². The number of nitrogens with zero attached hydrogens (tertiary/aromatic N) is 1. The largest absolute Gasteiger partial charge is 0.481 e. The van der Waals surface area contributed by atoms with Crippen LogP contribution in [0.1, 0.15) is 25.3 Å². The number of rotatable bonds is 5. The molecular weight excluding hydrogens is 296 g/mol. The van der Waals surface area contributed by atoms with Gasteiger partial charge in [0.15, 0.2) is 0 Å². The second kappa shape index (κ2) is 7.76. The van der Waals surface area contributed by atoms with E-state index in [2.05, 4.69) is 5.32 Å². The molecule has 0 radical (unpaired) electrons. The molecule has 0 bridgehead atoms. The van der Waals surface area contributed by atoms with Crippen LogP contribution in [0.15, 0.2) is 30.3 Å². The fraction of sp³-hybridized carbons (Fsp3) is 0.471. The van der Waals surface area contributed by atoms with Crippen molar-refractivity contribution < 1.29 is 19.5 Å². The van der Waals surface area contributed by atoms with Gasteiger partial charge in [-0.15, -0.1) is 0 Å². The summed E-state index contributed by atoms with van der Waals surface area (Å²) in [6, 6.07) is 8.95. The summed E-state index contributed by atoms with van der Waals surface area (Å²) in [5.74, 6) is -1.86. The van der Waals surface area contributed by atoms with Crippen molar-refractivity contribution in [2.45, 2.75) is 32.2 Å². The minimum absolute atomic E-state index is 0.0949. The van der Waals surface area contributed by atoms with Crippen molar-refractivity contribution in [1.82, 2.24) is 10.2 Å². The molecule has 2 amide bonds. The molecule has 2 rings (SSSR count). The van der Waals surface area contributed by atoms with Gasteiger partial charge < -0.3 is 15.3 Å². The molecule has 0 spiro atoms. The average Bonchev–Trinajstić information content (AvgIpc) is 2.53. The summed E-state index contributed by atoms with van der Waals surface area (Å²) in [7, 11) is 0. The van der Waals surface area contributed by atoms with Gasteiger partial charge in [0.05, 0.1) is 18.9 Å². The molecule has 6 nitrogen and oxygen atoms in total. The van der Waals surface area contributed by atoms with Crippen LogP contribution in [-0.4, -0.2) is 46.9 Å². The van der Waals surface area contributed by atoms with E-state index in [1.54, 1.807) is 11.8 Å². The van der Waals surface area contributed by atoms with E-state index in [0.717, 1.165) is 5.56 Å². The van der Waals surface area contributed by atoms with Gasteiger partial charge in [0.25, 0.3) is 0 Å². The van der Waals surface area contributed by atoms with Crippen LogP contribution in [0, 0.1) is 5.92 Å². The van der Waals surface area contributed by atoms with Crippen LogP contribution in [0.3, 0.4) is 0 Å². The average molecular weight is 318 g/mol. The quantitative estimate of drug-likeness (QED) is 0.850. The van der Waals surface area contributed by atoms with E-state index in [-0.39, 0.29) is 30.8 Å². The SMILES string of the molecule is C[C@@H]1[C@H](C(=O)O)CCCN1C(=O)CNC(=O)Cc1ccccc1. The summed E-state index contributed by atoms with van der Waals surface area (Å²) in [4.78, 5) is 36.9. The molecule has 23 heavy (non-hydrogen) atoms. The zero-order chi connectivity index (χ0) is 16.8. The van der Waals surface area contributed by atoms with Crippen LogP contribution in [0.25, 0.3) is 0 Å². The third kappa shape index (κ3) is 4.55. The first kappa shape index (κ1) is 17.0. The van der Waals surface area contributed by atoms with Gasteiger partial charge in [0.1, 0.15) is 0 Å². The standard InChI is InChI=1S/C17H22N2O4/c1-12-14(17(22)23)8-5-9-19(12)16(21)11-18-15(20)10-13-6-3-2-4-7-13/h2-4,6-7,12,14H,5,8-11H2,1H3,(H,18,20)(H,22,23)/t12-,14-/m1/s1. The zero-order valence-corrected chi connectivity index (χ0v) is 13.2. The van der Waals surface area contributed by atoms with E-state index < -0.39 is 11.9 Å². The monoisotopic (exact) mass is 318 g/mol. The molecule has 124 valence electrons. The summed E-state index contributed by atoms with van der Waals surface area (Å²) >= 11 is 0. The predicted octanol–water partition coefficient (Wildman–Crippen LogP) is 1.06. The first-order valence-electron chi connectivity index (χ1n) is 7.82. The Morgan fingerprint density at radius 3 is 2.61 bits per heavy atom. The summed E-state index contributed by atoms with van der Waals surface area (Å²) in [6.45, 7) is 2.20. The minimum atomic E-state index is -0.872. The number of piperidine rings is 1. The van der Waals surface area contributed by atoms with E-state index in [0.29, 0.717) is 19.4 Å². The highest BCUT2D eigenvalue weighted by Crippen LogP contribution is 2.23. The Kier molecular flexibility index (Phi) is 5.73. The van der Waals surface area contributed by atoms with Crippen molar-refractivity contribution in [2.24, 2.45) is 5.92 Å². The molecule has 1 aliphatic heterocycles. The van der Waals surface area contributed by atoms with Crippen molar-refractivity contribution in [1.29, 1.82) is 0 Å². The number of aliphatic carboxylic acids is 1. The van der Waals surface area contributed by atoms with Gasteiger partial charge in [-0.25, -0.2) is 0 Å². The molecule has 1 aliphatic rings. The lowest BCUT2D eigenvalue weighted by Gasteiger charge is -2.37. The van der Waals surface area contributed by atoms with E-state index in [4.69, 9.17) is 0 Å². The van der Waals surface area contributed by atoms with Crippen LogP contribution in [0.4, 0.5) is 0 Å². The number of nitrogens with one attached hydrogen (secondary N) is 1. The van der Waals surface area contributed by atoms with Crippen LogP contribution >= 0.6 is 0 Å².